The fourth-order valence-corrected chi connectivity index (χ4v) is 4.07. The SMILES string of the molecule is O=C(CN1CCC(C(=O)c2ccccc2)CC1)NC(=O)NCCc1cccs1. The van der Waals surface area contributed by atoms with Crippen LogP contribution in [0.1, 0.15) is 28.1 Å². The van der Waals surface area contributed by atoms with Gasteiger partial charge in [0.25, 0.3) is 0 Å². The summed E-state index contributed by atoms with van der Waals surface area (Å²) in [6.07, 6.45) is 2.21. The average Bonchev–Trinajstić information content (AvgIpc) is 3.22. The molecule has 28 heavy (non-hydrogen) atoms. The Bertz CT molecular complexity index is 784. The van der Waals surface area contributed by atoms with Gasteiger partial charge >= 0.3 is 6.03 Å². The van der Waals surface area contributed by atoms with E-state index in [0.717, 1.165) is 24.8 Å². The Morgan fingerprint density at radius 2 is 1.79 bits per heavy atom. The highest BCUT2D eigenvalue weighted by Crippen LogP contribution is 2.21. The molecule has 1 aromatic carbocycles. The maximum absolute atomic E-state index is 12.5. The van der Waals surface area contributed by atoms with Crippen molar-refractivity contribution in [3.63, 3.8) is 0 Å². The van der Waals surface area contributed by atoms with Crippen molar-refractivity contribution in [2.24, 2.45) is 5.92 Å². The van der Waals surface area contributed by atoms with Crippen molar-refractivity contribution in [3.05, 3.63) is 58.3 Å². The lowest BCUT2D eigenvalue weighted by atomic mass is 9.89. The van der Waals surface area contributed by atoms with E-state index in [1.54, 1.807) is 11.3 Å². The van der Waals surface area contributed by atoms with Crippen molar-refractivity contribution < 1.29 is 14.4 Å². The number of likely N-dealkylation sites (tertiary alicyclic amines) is 1. The molecule has 1 aliphatic heterocycles. The number of carbonyl (C=O) groups is 3. The van der Waals surface area contributed by atoms with Crippen LogP contribution in [0, 0.1) is 5.92 Å². The minimum absolute atomic E-state index is 0.00209. The molecule has 0 spiro atoms. The number of hydrogen-bond donors (Lipinski definition) is 2. The Labute approximate surface area is 168 Å². The maximum atomic E-state index is 12.5. The van der Waals surface area contributed by atoms with Gasteiger partial charge in [-0.25, -0.2) is 4.79 Å². The molecule has 0 aliphatic carbocycles. The third kappa shape index (κ3) is 6.00. The minimum atomic E-state index is -0.462. The molecule has 3 amide bonds. The number of carbonyl (C=O) groups excluding carboxylic acids is 3. The molecule has 2 N–H and O–H groups in total. The second-order valence-corrected chi connectivity index (χ2v) is 7.95. The third-order valence-electron chi connectivity index (χ3n) is 4.87. The van der Waals surface area contributed by atoms with E-state index in [0.29, 0.717) is 19.6 Å². The van der Waals surface area contributed by atoms with Gasteiger partial charge in [0, 0.05) is 22.9 Å². The molecular weight excluding hydrogens is 374 g/mol. The summed E-state index contributed by atoms with van der Waals surface area (Å²) >= 11 is 1.64. The van der Waals surface area contributed by atoms with Crippen molar-refractivity contribution in [1.82, 2.24) is 15.5 Å². The average molecular weight is 400 g/mol. The topological polar surface area (TPSA) is 78.5 Å². The number of urea groups is 1. The number of nitrogens with one attached hydrogen (secondary N) is 2. The highest BCUT2D eigenvalue weighted by atomic mass is 32.1. The van der Waals surface area contributed by atoms with Gasteiger partial charge in [-0.15, -0.1) is 11.3 Å². The fraction of sp³-hybridized carbons (Fsp3) is 0.381. The fourth-order valence-electron chi connectivity index (χ4n) is 3.36. The van der Waals surface area contributed by atoms with Crippen LogP contribution in [0.25, 0.3) is 0 Å². The van der Waals surface area contributed by atoms with Crippen LogP contribution >= 0.6 is 11.3 Å². The van der Waals surface area contributed by atoms with E-state index in [1.165, 1.54) is 4.88 Å². The first kappa shape index (κ1) is 20.2. The molecule has 1 saturated heterocycles. The third-order valence-corrected chi connectivity index (χ3v) is 5.81. The first-order chi connectivity index (χ1) is 13.6. The standard InChI is InChI=1S/C21H25N3O3S/c25-19(23-21(27)22-11-8-18-7-4-14-28-18)15-24-12-9-17(10-13-24)20(26)16-5-2-1-3-6-16/h1-7,14,17H,8-13,15H2,(H2,22,23,25,27). The summed E-state index contributed by atoms with van der Waals surface area (Å²) in [5.74, 6) is -0.140. The predicted molar refractivity (Wildman–Crippen MR) is 110 cm³/mol. The molecular formula is C21H25N3O3S. The van der Waals surface area contributed by atoms with E-state index in [9.17, 15) is 14.4 Å². The van der Waals surface area contributed by atoms with E-state index in [2.05, 4.69) is 10.6 Å². The van der Waals surface area contributed by atoms with Crippen LogP contribution in [0.2, 0.25) is 0 Å². The second-order valence-electron chi connectivity index (χ2n) is 6.91. The Morgan fingerprint density at radius 1 is 1.04 bits per heavy atom. The van der Waals surface area contributed by atoms with Gasteiger partial charge in [0.2, 0.25) is 5.91 Å². The molecule has 1 aromatic heterocycles. The van der Waals surface area contributed by atoms with Gasteiger partial charge in [-0.1, -0.05) is 36.4 Å². The molecule has 2 heterocycles. The van der Waals surface area contributed by atoms with Gasteiger partial charge in [-0.3, -0.25) is 19.8 Å². The van der Waals surface area contributed by atoms with E-state index < -0.39 is 6.03 Å². The molecule has 3 rings (SSSR count). The Balaban J connectivity index is 1.34. The van der Waals surface area contributed by atoms with Crippen LogP contribution in [-0.4, -0.2) is 48.8 Å². The van der Waals surface area contributed by atoms with E-state index in [4.69, 9.17) is 0 Å². The quantitative estimate of drug-likeness (QED) is 0.702. The maximum Gasteiger partial charge on any atom is 0.321 e. The van der Waals surface area contributed by atoms with Gasteiger partial charge in [0.1, 0.15) is 0 Å². The molecule has 0 bridgehead atoms. The first-order valence-corrected chi connectivity index (χ1v) is 10.4. The Kier molecular flexibility index (Phi) is 7.33. The smallest absolute Gasteiger partial charge is 0.321 e. The monoisotopic (exact) mass is 399 g/mol. The van der Waals surface area contributed by atoms with Gasteiger partial charge < -0.3 is 5.32 Å². The molecule has 148 valence electrons. The highest BCUT2D eigenvalue weighted by molar-refractivity contribution is 7.09. The van der Waals surface area contributed by atoms with Crippen LogP contribution in [-0.2, 0) is 11.2 Å². The summed E-state index contributed by atoms with van der Waals surface area (Å²) in [6, 6.07) is 12.9. The van der Waals surface area contributed by atoms with Crippen molar-refractivity contribution in [2.45, 2.75) is 19.3 Å². The van der Waals surface area contributed by atoms with Crippen LogP contribution in [0.3, 0.4) is 0 Å². The number of imide groups is 1. The number of hydrogen-bond acceptors (Lipinski definition) is 5. The Hall–Kier alpha value is -2.51. The lowest BCUT2D eigenvalue weighted by Crippen LogP contribution is -2.47. The van der Waals surface area contributed by atoms with E-state index in [-0.39, 0.29) is 24.2 Å². The lowest BCUT2D eigenvalue weighted by molar-refractivity contribution is -0.121. The first-order valence-electron chi connectivity index (χ1n) is 9.53. The summed E-state index contributed by atoms with van der Waals surface area (Å²) in [5.41, 5.74) is 0.748. The van der Waals surface area contributed by atoms with Gasteiger partial charge in [0.15, 0.2) is 5.78 Å². The number of piperidine rings is 1. The zero-order valence-corrected chi connectivity index (χ0v) is 16.5. The van der Waals surface area contributed by atoms with Gasteiger partial charge in [0.05, 0.1) is 6.54 Å². The summed E-state index contributed by atoms with van der Waals surface area (Å²) in [7, 11) is 0. The second kappa shape index (κ2) is 10.1. The number of Topliss-reactive ketones (excluding diaryl/α,β-unsaturated/α-hetero) is 1. The summed E-state index contributed by atoms with van der Waals surface area (Å²) in [4.78, 5) is 39.6. The zero-order valence-electron chi connectivity index (χ0n) is 15.7. The van der Waals surface area contributed by atoms with Crippen molar-refractivity contribution in [3.8, 4) is 0 Å². The summed E-state index contributed by atoms with van der Waals surface area (Å²) in [6.45, 7) is 2.02. The number of amides is 3. The summed E-state index contributed by atoms with van der Waals surface area (Å²) in [5, 5.41) is 7.07. The molecule has 0 saturated carbocycles. The molecule has 7 heteroatoms. The number of thiophene rings is 1. The van der Waals surface area contributed by atoms with Crippen molar-refractivity contribution in [1.29, 1.82) is 0 Å². The van der Waals surface area contributed by atoms with Crippen LogP contribution in [0.4, 0.5) is 4.79 Å². The normalized spacial score (nSPS) is 15.1. The Morgan fingerprint density at radius 3 is 2.46 bits per heavy atom. The van der Waals surface area contributed by atoms with Gasteiger partial charge in [-0.05, 0) is 43.8 Å². The molecule has 1 aliphatic rings. The number of rotatable bonds is 7. The zero-order chi connectivity index (χ0) is 19.8. The van der Waals surface area contributed by atoms with Crippen LogP contribution < -0.4 is 10.6 Å². The number of benzene rings is 1. The molecule has 2 aromatic rings. The minimum Gasteiger partial charge on any atom is -0.337 e. The lowest BCUT2D eigenvalue weighted by Gasteiger charge is -2.30. The van der Waals surface area contributed by atoms with Crippen molar-refractivity contribution >= 4 is 29.1 Å². The molecule has 0 unspecified atom stereocenters. The predicted octanol–water partition coefficient (Wildman–Crippen LogP) is 2.71. The van der Waals surface area contributed by atoms with Crippen LogP contribution in [0.5, 0.6) is 0 Å². The number of ketones is 1. The van der Waals surface area contributed by atoms with E-state index >= 15 is 0 Å². The molecule has 1 fully saturated rings. The number of nitrogens with zero attached hydrogens (tertiary/aromatic N) is 1. The van der Waals surface area contributed by atoms with Gasteiger partial charge in [-0.2, -0.15) is 0 Å². The molecule has 0 radical (unpaired) electrons. The van der Waals surface area contributed by atoms with Crippen LogP contribution in [0.15, 0.2) is 47.8 Å². The molecule has 0 atom stereocenters. The molecule has 6 nitrogen and oxygen atoms in total. The van der Waals surface area contributed by atoms with E-state index in [1.807, 2.05) is 52.7 Å². The summed E-state index contributed by atoms with van der Waals surface area (Å²) < 4.78 is 0. The largest absolute Gasteiger partial charge is 0.337 e. The van der Waals surface area contributed by atoms with Crippen molar-refractivity contribution in [2.75, 3.05) is 26.2 Å². The highest BCUT2D eigenvalue weighted by Gasteiger charge is 2.26.